The van der Waals surface area contributed by atoms with Crippen LogP contribution in [0.5, 0.6) is 0 Å². The molecule has 0 bridgehead atoms. The highest BCUT2D eigenvalue weighted by Crippen LogP contribution is 2.37. The lowest BCUT2D eigenvalue weighted by Gasteiger charge is -2.11. The van der Waals surface area contributed by atoms with Crippen molar-refractivity contribution in [1.29, 1.82) is 0 Å². The lowest BCUT2D eigenvalue weighted by atomic mass is 10.0. The number of nitrogens with zero attached hydrogens (tertiary/aromatic N) is 4. The van der Waals surface area contributed by atoms with Gasteiger partial charge in [-0.2, -0.15) is 0 Å². The van der Waals surface area contributed by atoms with Crippen LogP contribution in [0.4, 0.5) is 0 Å². The Hall–Kier alpha value is -6.59. The van der Waals surface area contributed by atoms with Gasteiger partial charge >= 0.3 is 0 Å². The average molecular weight is 615 g/mol. The van der Waals surface area contributed by atoms with E-state index in [2.05, 4.69) is 126 Å². The summed E-state index contributed by atoms with van der Waals surface area (Å²) in [6.07, 6.45) is 0. The molecule has 0 aliphatic carbocycles. The van der Waals surface area contributed by atoms with Gasteiger partial charge < -0.3 is 8.98 Å². The largest absolute Gasteiger partial charge is 0.456 e. The summed E-state index contributed by atoms with van der Waals surface area (Å²) in [5.41, 5.74) is 7.73. The van der Waals surface area contributed by atoms with E-state index in [-0.39, 0.29) is 0 Å². The molecule has 224 valence electrons. The zero-order valence-electron chi connectivity index (χ0n) is 25.7. The second kappa shape index (κ2) is 10.5. The Morgan fingerprint density at radius 2 is 1.00 bits per heavy atom. The van der Waals surface area contributed by atoms with Crippen LogP contribution in [0.2, 0.25) is 0 Å². The Morgan fingerprint density at radius 1 is 0.396 bits per heavy atom. The van der Waals surface area contributed by atoms with Crippen LogP contribution in [0, 0.1) is 0 Å². The van der Waals surface area contributed by atoms with E-state index in [4.69, 9.17) is 19.4 Å². The molecule has 0 saturated heterocycles. The molecule has 0 aliphatic heterocycles. The second-order valence-corrected chi connectivity index (χ2v) is 12.1. The molecule has 0 spiro atoms. The van der Waals surface area contributed by atoms with Crippen molar-refractivity contribution in [3.8, 4) is 39.9 Å². The number of benzene rings is 7. The van der Waals surface area contributed by atoms with Crippen LogP contribution in [-0.4, -0.2) is 19.5 Å². The molecule has 10 rings (SSSR count). The SMILES string of the molecule is c1ccc(-c2nc(-c3cccc(-n4c5ccccc5c5ccccc54)c3)nc(-c3ccc4c(c3)oc3ccc5ccccc5c34)n2)cc1. The lowest BCUT2D eigenvalue weighted by Crippen LogP contribution is -2.01. The molecule has 0 unspecified atom stereocenters. The van der Waals surface area contributed by atoms with Crippen LogP contribution in [0.1, 0.15) is 0 Å². The molecule has 0 atom stereocenters. The summed E-state index contributed by atoms with van der Waals surface area (Å²) in [5, 5.41) is 7.01. The standard InChI is InChI=1S/C43H26N4O/c1-2-12-28(13-3-1)41-44-42(29-14-10-15-31(25-29)47-36-19-8-6-17-33(36)34-18-7-9-20-37(34)47)46-43(45-41)30-21-23-35-39(26-30)48-38-24-22-27-11-4-5-16-32(27)40(35)38/h1-26H. The van der Waals surface area contributed by atoms with E-state index in [9.17, 15) is 0 Å². The monoisotopic (exact) mass is 614 g/mol. The van der Waals surface area contributed by atoms with Crippen LogP contribution in [0.3, 0.4) is 0 Å². The van der Waals surface area contributed by atoms with Crippen molar-refractivity contribution in [3.05, 3.63) is 158 Å². The number of hydrogen-bond acceptors (Lipinski definition) is 4. The fraction of sp³-hybridized carbons (Fsp3) is 0. The van der Waals surface area contributed by atoms with Gasteiger partial charge in [0.1, 0.15) is 11.2 Å². The van der Waals surface area contributed by atoms with Crippen LogP contribution in [0.25, 0.3) is 94.4 Å². The molecule has 0 N–H and O–H groups in total. The van der Waals surface area contributed by atoms with Gasteiger partial charge in [-0.15, -0.1) is 0 Å². The van der Waals surface area contributed by atoms with E-state index >= 15 is 0 Å². The molecule has 0 aliphatic rings. The molecule has 0 saturated carbocycles. The summed E-state index contributed by atoms with van der Waals surface area (Å²) in [4.78, 5) is 15.1. The smallest absolute Gasteiger partial charge is 0.164 e. The van der Waals surface area contributed by atoms with Gasteiger partial charge in [0.15, 0.2) is 17.5 Å². The van der Waals surface area contributed by atoms with Crippen molar-refractivity contribution in [2.45, 2.75) is 0 Å². The number of rotatable bonds is 4. The first kappa shape index (κ1) is 26.6. The Bertz CT molecular complexity index is 2800. The maximum atomic E-state index is 6.41. The zero-order chi connectivity index (χ0) is 31.6. The lowest BCUT2D eigenvalue weighted by molar-refractivity contribution is 0.669. The fourth-order valence-corrected chi connectivity index (χ4v) is 7.02. The van der Waals surface area contributed by atoms with Gasteiger partial charge in [0.2, 0.25) is 0 Å². The second-order valence-electron chi connectivity index (χ2n) is 12.1. The van der Waals surface area contributed by atoms with Crippen LogP contribution >= 0.6 is 0 Å². The Labute approximate surface area is 275 Å². The van der Waals surface area contributed by atoms with Crippen LogP contribution in [0.15, 0.2) is 162 Å². The molecule has 10 aromatic rings. The average Bonchev–Trinajstić information content (AvgIpc) is 3.71. The van der Waals surface area contributed by atoms with Gasteiger partial charge in [-0.3, -0.25) is 0 Å². The number of hydrogen-bond donors (Lipinski definition) is 0. The fourth-order valence-electron chi connectivity index (χ4n) is 7.02. The summed E-state index contributed by atoms with van der Waals surface area (Å²) in [5.74, 6) is 1.82. The van der Waals surface area contributed by atoms with Gasteiger partial charge in [0.05, 0.1) is 11.0 Å². The van der Waals surface area contributed by atoms with E-state index < -0.39 is 0 Å². The van der Waals surface area contributed by atoms with Crippen molar-refractivity contribution in [2.24, 2.45) is 0 Å². The molecule has 7 aromatic carbocycles. The van der Waals surface area contributed by atoms with Crippen molar-refractivity contribution < 1.29 is 4.42 Å². The molecule has 0 radical (unpaired) electrons. The Morgan fingerprint density at radius 3 is 1.75 bits per heavy atom. The highest BCUT2D eigenvalue weighted by Gasteiger charge is 2.17. The minimum atomic E-state index is 0.591. The summed E-state index contributed by atoms with van der Waals surface area (Å²) >= 11 is 0. The van der Waals surface area contributed by atoms with Gasteiger partial charge in [-0.1, -0.05) is 115 Å². The normalized spacial score (nSPS) is 11.8. The third-order valence-electron chi connectivity index (χ3n) is 9.23. The highest BCUT2D eigenvalue weighted by atomic mass is 16.3. The predicted octanol–water partition coefficient (Wildman–Crippen LogP) is 11.0. The number of furan rings is 1. The van der Waals surface area contributed by atoms with Crippen molar-refractivity contribution >= 4 is 54.5 Å². The molecule has 3 aromatic heterocycles. The van der Waals surface area contributed by atoms with Gasteiger partial charge in [0.25, 0.3) is 0 Å². The first-order valence-electron chi connectivity index (χ1n) is 16.0. The summed E-state index contributed by atoms with van der Waals surface area (Å²) in [6.45, 7) is 0. The van der Waals surface area contributed by atoms with Gasteiger partial charge in [-0.05, 0) is 53.2 Å². The van der Waals surface area contributed by atoms with Crippen molar-refractivity contribution in [2.75, 3.05) is 0 Å². The molecule has 3 heterocycles. The van der Waals surface area contributed by atoms with E-state index in [1.807, 2.05) is 36.4 Å². The molecule has 5 heteroatoms. The van der Waals surface area contributed by atoms with E-state index in [1.165, 1.54) is 21.5 Å². The summed E-state index contributed by atoms with van der Waals surface area (Å²) in [7, 11) is 0. The minimum absolute atomic E-state index is 0.591. The maximum Gasteiger partial charge on any atom is 0.164 e. The molecule has 5 nitrogen and oxygen atoms in total. The van der Waals surface area contributed by atoms with E-state index in [0.29, 0.717) is 17.5 Å². The van der Waals surface area contributed by atoms with Crippen LogP contribution < -0.4 is 0 Å². The summed E-state index contributed by atoms with van der Waals surface area (Å²) in [6, 6.07) is 54.5. The molecule has 0 fully saturated rings. The molecular formula is C43H26N4O. The number of para-hydroxylation sites is 2. The molecule has 48 heavy (non-hydrogen) atoms. The zero-order valence-corrected chi connectivity index (χ0v) is 25.7. The van der Waals surface area contributed by atoms with Gasteiger partial charge in [-0.25, -0.2) is 15.0 Å². The summed E-state index contributed by atoms with van der Waals surface area (Å²) < 4.78 is 8.72. The molecule has 0 amide bonds. The van der Waals surface area contributed by atoms with E-state index in [1.54, 1.807) is 0 Å². The Balaban J connectivity index is 1.16. The number of fused-ring (bicyclic) bond motifs is 8. The van der Waals surface area contributed by atoms with Crippen LogP contribution in [-0.2, 0) is 0 Å². The third-order valence-corrected chi connectivity index (χ3v) is 9.23. The topological polar surface area (TPSA) is 56.7 Å². The van der Waals surface area contributed by atoms with Crippen molar-refractivity contribution in [3.63, 3.8) is 0 Å². The minimum Gasteiger partial charge on any atom is -0.456 e. The number of aromatic nitrogens is 4. The molecular weight excluding hydrogens is 589 g/mol. The highest BCUT2D eigenvalue weighted by molar-refractivity contribution is 6.19. The van der Waals surface area contributed by atoms with E-state index in [0.717, 1.165) is 55.3 Å². The first-order valence-corrected chi connectivity index (χ1v) is 16.0. The predicted molar refractivity (Wildman–Crippen MR) is 195 cm³/mol. The maximum absolute atomic E-state index is 6.41. The van der Waals surface area contributed by atoms with Crippen molar-refractivity contribution in [1.82, 2.24) is 19.5 Å². The third kappa shape index (κ3) is 4.15. The first-order chi connectivity index (χ1) is 23.8. The Kier molecular flexibility index (Phi) is 5.81. The van der Waals surface area contributed by atoms with Gasteiger partial charge in [0, 0.05) is 43.9 Å². The quantitative estimate of drug-likeness (QED) is 0.198.